The number of phenols is 4. The van der Waals surface area contributed by atoms with Crippen LogP contribution in [0, 0.1) is 6.92 Å². The fourth-order valence-electron chi connectivity index (χ4n) is 11.7. The molecule has 7 aliphatic rings. The molecule has 0 aromatic heterocycles. The van der Waals surface area contributed by atoms with Crippen LogP contribution in [0.25, 0.3) is 100 Å². The van der Waals surface area contributed by atoms with Gasteiger partial charge in [-0.25, -0.2) is 28.2 Å². The number of aliphatic hydroxyl groups excluding tert-OH is 1. The number of cyclic esters (lactones) is 2. The van der Waals surface area contributed by atoms with Crippen molar-refractivity contribution < 1.29 is 147 Å². The number of esters is 3. The Morgan fingerprint density at radius 3 is 0.869 bits per heavy atom. The summed E-state index contributed by atoms with van der Waals surface area (Å²) in [5, 5.41) is 64.3. The molecule has 145 heavy (non-hydrogen) atoms. The van der Waals surface area contributed by atoms with Gasteiger partial charge in [0.15, 0.2) is 51.3 Å². The maximum atomic E-state index is 12.6. The molecule has 0 amide bonds. The molecule has 774 valence electrons. The average molecular weight is 2490 g/mol. The number of fused-ring (bicyclic) bond motifs is 7. The van der Waals surface area contributed by atoms with Crippen LogP contribution in [-0.2, 0) is 69.1 Å². The van der Waals surface area contributed by atoms with E-state index in [2.05, 4.69) is 18.9 Å². The van der Waals surface area contributed by atoms with E-state index in [1.54, 1.807) is 13.0 Å². The van der Waals surface area contributed by atoms with Crippen molar-refractivity contribution in [2.75, 3.05) is 41.8 Å². The Kier molecular flexibility index (Phi) is 53.0. The first-order valence-corrected chi connectivity index (χ1v) is 48.3. The summed E-state index contributed by atoms with van der Waals surface area (Å²) >= 11 is 133. The molecule has 1 atom stereocenters. The number of ether oxygens (including phenoxy) is 5. The Hall–Kier alpha value is -9.31. The minimum absolute atomic E-state index is 0.00364. The van der Waals surface area contributed by atoms with Crippen molar-refractivity contribution in [3.8, 4) is 90.3 Å². The lowest BCUT2D eigenvalue weighted by Gasteiger charge is -2.20. The summed E-state index contributed by atoms with van der Waals surface area (Å²) in [7, 11) is 1.45. The van der Waals surface area contributed by atoms with Crippen molar-refractivity contribution >= 4 is 365 Å². The van der Waals surface area contributed by atoms with Crippen molar-refractivity contribution in [3.05, 3.63) is 272 Å². The molecule has 0 bridgehead atoms. The lowest BCUT2D eigenvalue weighted by atomic mass is 9.90. The first kappa shape index (κ1) is 130. The van der Waals surface area contributed by atoms with E-state index in [1.165, 1.54) is 126 Å². The van der Waals surface area contributed by atoms with Crippen LogP contribution in [0.1, 0.15) is 71.2 Å². The maximum Gasteiger partial charge on any atom is 0.394 e. The van der Waals surface area contributed by atoms with Crippen molar-refractivity contribution in [1.82, 2.24) is 0 Å². The number of aromatic carboxylic acids is 2. The summed E-state index contributed by atoms with van der Waals surface area (Å²) in [6, 6.07) is 22.2. The smallest absolute Gasteiger partial charge is 0.394 e. The SMILES string of the molecule is CC.CO.COC(=O)c1c(Cl)ccc(Cl)c1-c1c2cc(Cl)c(=O)c(Cl)c-2oc2c(Cl)c(O)c(Cl)cc12.COC=O.COC=O.COC=O.CS(=O)O.Cc1c(Cl)cc2c(-c3c(Cl)ccc(Cl)c3C(=O)O)c3cc(Cl)c(=O)c(Cl)c-3oc2c1Cl.O=C(O)c1c(Cl)ccc(Cl)c1-c1c2cc(Cl)c(=O)c(Cl)c-2oc2c(Cl)c(O)c(Cl)cc12.O=C1OC(=O)c2c(Cl)ccc(Cl)c21.O=C=O.O=S(=O)(O)O.Oc1ccc(Cl)c(O)c1Cl. The van der Waals surface area contributed by atoms with Gasteiger partial charge >= 0.3 is 46.4 Å². The fourth-order valence-corrected chi connectivity index (χ4v) is 16.9. The summed E-state index contributed by atoms with van der Waals surface area (Å²) in [4.78, 5) is 139. The molecule has 0 spiro atoms. The maximum absolute atomic E-state index is 12.6. The number of carbonyl (C=O) groups is 8. The molecular formula is C87H56Cl22O34S2. The zero-order chi connectivity index (χ0) is 111. The number of carboxylic acids is 2. The third-order valence-corrected chi connectivity index (χ3v) is 24.4. The van der Waals surface area contributed by atoms with E-state index >= 15 is 0 Å². The Balaban J connectivity index is 0.000000451. The molecule has 0 saturated heterocycles. The summed E-state index contributed by atoms with van der Waals surface area (Å²) in [5.41, 5.74) is -0.607. The highest BCUT2D eigenvalue weighted by molar-refractivity contribution is 7.80. The average Bonchev–Trinajstić information content (AvgIpc) is 1.42. The molecule has 0 radical (unpaired) electrons. The number of methoxy groups -OCH3 is 4. The molecule has 0 saturated carbocycles. The first-order chi connectivity index (χ1) is 67.8. The molecule has 15 rings (SSSR count). The Labute approximate surface area is 927 Å². The lowest BCUT2D eigenvalue weighted by molar-refractivity contribution is -0.191. The molecule has 1 unspecified atom stereocenters. The minimum Gasteiger partial charge on any atom is -0.506 e. The van der Waals surface area contributed by atoms with E-state index in [0.29, 0.717) is 35.4 Å². The number of carboxylic acid groups (broad SMARTS) is 2. The third-order valence-electron chi connectivity index (χ3n) is 17.2. The van der Waals surface area contributed by atoms with E-state index in [1.807, 2.05) is 13.8 Å². The number of halogens is 22. The number of rotatable bonds is 9. The molecule has 4 heterocycles. The molecular weight excluding hydrogens is 2430 g/mol. The van der Waals surface area contributed by atoms with Crippen LogP contribution in [0.4, 0.5) is 0 Å². The Morgan fingerprint density at radius 1 is 0.372 bits per heavy atom. The van der Waals surface area contributed by atoms with Gasteiger partial charge in [0, 0.05) is 99.7 Å². The van der Waals surface area contributed by atoms with Gasteiger partial charge in [0.2, 0.25) is 16.3 Å². The van der Waals surface area contributed by atoms with E-state index in [-0.39, 0.29) is 246 Å². The van der Waals surface area contributed by atoms with Gasteiger partial charge in [-0.1, -0.05) is 269 Å². The van der Waals surface area contributed by atoms with E-state index in [9.17, 15) is 58.8 Å². The number of carbonyl (C=O) groups excluding carboxylic acids is 8. The van der Waals surface area contributed by atoms with Gasteiger partial charge in [-0.15, -0.1) is 0 Å². The zero-order valence-electron chi connectivity index (χ0n) is 72.9. The van der Waals surface area contributed by atoms with Crippen molar-refractivity contribution in [1.29, 1.82) is 0 Å². The highest BCUT2D eigenvalue weighted by Crippen LogP contribution is 2.56. The second-order valence-corrected chi connectivity index (χ2v) is 36.1. The van der Waals surface area contributed by atoms with Crippen LogP contribution in [0.3, 0.4) is 0 Å². The van der Waals surface area contributed by atoms with Gasteiger partial charge < -0.3 is 77.2 Å². The monoisotopic (exact) mass is 2480 g/mol. The van der Waals surface area contributed by atoms with Gasteiger partial charge in [0.25, 0.3) is 19.4 Å². The highest BCUT2D eigenvalue weighted by atomic mass is 35.5. The molecule has 8 aromatic carbocycles. The quantitative estimate of drug-likeness (QED) is 0.0122. The predicted octanol–water partition coefficient (Wildman–Crippen LogP) is 27.7. The number of hydrogen-bond donors (Lipinski definition) is 10. The van der Waals surface area contributed by atoms with Crippen LogP contribution >= 0.6 is 255 Å². The zero-order valence-corrected chi connectivity index (χ0v) is 91.1. The Morgan fingerprint density at radius 2 is 0.607 bits per heavy atom. The molecule has 3 aliphatic carbocycles. The van der Waals surface area contributed by atoms with Crippen LogP contribution in [0.2, 0.25) is 110 Å². The van der Waals surface area contributed by atoms with Crippen molar-refractivity contribution in [3.63, 3.8) is 0 Å². The topological polar surface area (TPSA) is 561 Å². The number of phenolic OH excluding ortho intramolecular Hbond substituents is 4. The van der Waals surface area contributed by atoms with Crippen LogP contribution in [0.5, 0.6) is 23.0 Å². The number of benzene rings is 11. The second-order valence-electron chi connectivity index (χ2n) is 25.6. The normalized spacial score (nSPS) is 10.8. The van der Waals surface area contributed by atoms with E-state index in [4.69, 9.17) is 339 Å². The van der Waals surface area contributed by atoms with E-state index < -0.39 is 79.1 Å². The summed E-state index contributed by atoms with van der Waals surface area (Å²) in [5.74, 6) is -6.61. The van der Waals surface area contributed by atoms with Gasteiger partial charge in [-0.05, 0) is 110 Å². The van der Waals surface area contributed by atoms with Crippen molar-refractivity contribution in [2.24, 2.45) is 0 Å². The van der Waals surface area contributed by atoms with Crippen LogP contribution in [-0.4, -0.2) is 159 Å². The van der Waals surface area contributed by atoms with E-state index in [0.717, 1.165) is 7.11 Å². The third kappa shape index (κ3) is 31.9. The number of hydrogen-bond acceptors (Lipinski definition) is 29. The molecule has 4 aliphatic heterocycles. The summed E-state index contributed by atoms with van der Waals surface area (Å²) in [6.45, 7) is 6.81. The molecule has 58 heteroatoms. The molecule has 8 aromatic rings. The first-order valence-electron chi connectivity index (χ1n) is 37.1. The predicted molar refractivity (Wildman–Crippen MR) is 558 cm³/mol. The highest BCUT2D eigenvalue weighted by Gasteiger charge is 2.37. The second kappa shape index (κ2) is 59.2. The lowest BCUT2D eigenvalue weighted by Crippen LogP contribution is -2.09. The molecule has 34 nitrogen and oxygen atoms in total. The standard InChI is InChI=1S/C21H8Cl6O5.C21H8Cl6O4.C20H6Cl6O5.C8H2Cl2O3.C6H4Cl2O2.3C2H4O2.C2H6.CH4O2S.CO2.CH4O.H2O4S/c1-31-21(30)14-9(23)3-2-8(22)13(14)12-6-4-10(24)17(28)15(26)19(6)32-20-7(12)5-11(25)18(29)16(20)27;1-6-11(24)4-7-13(14-9(22)2-3-10(23)15(14)21(29)30)8-5-12(25)18(28)17(27)20(8)31-19(7)16(6)26;21-7-1-2-8(22)13(20(29)30)12(7)11-5-3-9(23)16(27)14(25)18(5)31-19-6(11)4-10(24)17(28)15(19)26;9-3-1-2-4(10)6-5(3)7(11)13-8(6)12;7-3-1-2-4(9)5(8)6(3)10;3*1-4-2-3;1-2;1-4(2)3;2-1-3;1-2;1-5(2,3)4/h2-5,28H,1H3;2-5H,1H3,(H,29,30);1-4,27H,(H,29,30);1-2H;1-2,9-10H;3*2H,1H3;1-2H3;1H3,(H,2,3);;2H,1H3;(H2,1,2,3,4). The minimum atomic E-state index is -4.67. The molecule has 10 N–H and O–H groups in total. The van der Waals surface area contributed by atoms with Gasteiger partial charge in [0.05, 0.1) is 117 Å². The van der Waals surface area contributed by atoms with Crippen LogP contribution < -0.4 is 16.3 Å². The summed E-state index contributed by atoms with van der Waals surface area (Å²) in [6.07, 6.45) is 1.44. The van der Waals surface area contributed by atoms with Gasteiger partial charge in [-0.3, -0.25) is 37.9 Å². The van der Waals surface area contributed by atoms with Crippen molar-refractivity contribution in [2.45, 2.75) is 20.8 Å². The Bertz CT molecular complexity index is 7290. The fraction of sp³-hybridized carbons (Fsp3) is 0.103. The van der Waals surface area contributed by atoms with Gasteiger partial charge in [0.1, 0.15) is 47.0 Å². The largest absolute Gasteiger partial charge is 0.506 e. The number of aliphatic hydroxyl groups is 1. The molecule has 0 fully saturated rings. The summed E-state index contributed by atoms with van der Waals surface area (Å²) < 4.78 is 86.5. The van der Waals surface area contributed by atoms with Gasteiger partial charge in [-0.2, -0.15) is 18.0 Å². The van der Waals surface area contributed by atoms with Crippen LogP contribution in [0.15, 0.2) is 125 Å². The number of aromatic hydroxyl groups is 4.